The van der Waals surface area contributed by atoms with Crippen molar-refractivity contribution in [2.45, 2.75) is 13.8 Å². The first-order valence-electron chi connectivity index (χ1n) is 2.87. The molecule has 0 spiro atoms. The molecule has 2 N–H and O–H groups in total. The fraction of sp³-hybridized carbons (Fsp3) is 0.333. The van der Waals surface area contributed by atoms with Crippen LogP contribution in [0.1, 0.15) is 11.4 Å². The van der Waals surface area contributed by atoms with Gasteiger partial charge in [0.2, 0.25) is 0 Å². The first kappa shape index (κ1) is 10.4. The fourth-order valence-electron chi connectivity index (χ4n) is 0.724. The summed E-state index contributed by atoms with van der Waals surface area (Å²) in [5.74, 6) is 0.189. The van der Waals surface area contributed by atoms with E-state index in [2.05, 4.69) is 9.97 Å². The van der Waals surface area contributed by atoms with Gasteiger partial charge in [0, 0.05) is 0 Å². The van der Waals surface area contributed by atoms with Gasteiger partial charge in [-0.25, -0.2) is 4.98 Å². The molecule has 1 rings (SSSR count). The van der Waals surface area contributed by atoms with Crippen LogP contribution in [0.25, 0.3) is 0 Å². The molecule has 0 bridgehead atoms. The molecule has 0 aliphatic heterocycles. The maximum atomic E-state index is 9.19. The lowest BCUT2D eigenvalue weighted by atomic mass is 10.3. The van der Waals surface area contributed by atoms with Crippen molar-refractivity contribution < 1.29 is 5.11 Å². The van der Waals surface area contributed by atoms with E-state index in [9.17, 15) is 5.11 Å². The maximum absolute atomic E-state index is 9.19. The van der Waals surface area contributed by atoms with Crippen LogP contribution in [-0.2, 0) is 0 Å². The van der Waals surface area contributed by atoms with Gasteiger partial charge in [-0.1, -0.05) is 0 Å². The van der Waals surface area contributed by atoms with Crippen LogP contribution in [0.5, 0.6) is 5.75 Å². The van der Waals surface area contributed by atoms with Crippen LogP contribution >= 0.6 is 24.6 Å². The lowest BCUT2D eigenvalue weighted by Crippen LogP contribution is -1.90. The standard InChI is InChI=1S/C6H8N2OS.ClH/c1-3-5(9)4(2)8-6(10)7-3;/h9H,1-2H3,(H,7,8,10);1H. The number of hydrogen-bond donors (Lipinski definition) is 2. The highest BCUT2D eigenvalue weighted by atomic mass is 35.5. The number of rotatable bonds is 0. The van der Waals surface area contributed by atoms with Gasteiger partial charge in [-0.05, 0) is 26.1 Å². The number of halogens is 1. The molecule has 5 heteroatoms. The van der Waals surface area contributed by atoms with Crippen molar-refractivity contribution in [2.75, 3.05) is 0 Å². The van der Waals surface area contributed by atoms with Gasteiger partial charge in [-0.15, -0.1) is 12.4 Å². The van der Waals surface area contributed by atoms with E-state index in [0.717, 1.165) is 0 Å². The zero-order valence-electron chi connectivity index (χ0n) is 6.21. The highest BCUT2D eigenvalue weighted by molar-refractivity contribution is 7.71. The lowest BCUT2D eigenvalue weighted by molar-refractivity contribution is 0.458. The number of nitrogens with one attached hydrogen (secondary N) is 1. The van der Waals surface area contributed by atoms with Crippen molar-refractivity contribution in [1.29, 1.82) is 0 Å². The number of aromatic amines is 1. The molecule has 0 aliphatic rings. The van der Waals surface area contributed by atoms with Crippen LogP contribution in [0, 0.1) is 18.6 Å². The van der Waals surface area contributed by atoms with Gasteiger partial charge in [0.15, 0.2) is 10.5 Å². The molecule has 0 aromatic carbocycles. The second kappa shape index (κ2) is 3.69. The number of aryl methyl sites for hydroxylation is 2. The molecular formula is C6H9ClN2OS. The first-order chi connectivity index (χ1) is 4.61. The van der Waals surface area contributed by atoms with E-state index in [-0.39, 0.29) is 18.2 Å². The van der Waals surface area contributed by atoms with Gasteiger partial charge in [-0.3, -0.25) is 0 Å². The number of aromatic hydroxyl groups is 1. The minimum Gasteiger partial charge on any atom is -0.504 e. The van der Waals surface area contributed by atoms with Gasteiger partial charge < -0.3 is 10.1 Å². The van der Waals surface area contributed by atoms with Crippen LogP contribution in [-0.4, -0.2) is 15.1 Å². The van der Waals surface area contributed by atoms with Crippen LogP contribution in [0.4, 0.5) is 0 Å². The predicted molar refractivity (Wildman–Crippen MR) is 47.8 cm³/mol. The van der Waals surface area contributed by atoms with Gasteiger partial charge in [0.05, 0.1) is 11.4 Å². The van der Waals surface area contributed by atoms with E-state index in [1.54, 1.807) is 13.8 Å². The third-order valence-electron chi connectivity index (χ3n) is 1.26. The van der Waals surface area contributed by atoms with Gasteiger partial charge in [0.1, 0.15) is 0 Å². The molecule has 0 unspecified atom stereocenters. The molecule has 0 fully saturated rings. The van der Waals surface area contributed by atoms with Crippen molar-refractivity contribution >= 4 is 24.6 Å². The topological polar surface area (TPSA) is 48.9 Å². The molecule has 1 heterocycles. The fourth-order valence-corrected chi connectivity index (χ4v) is 1.01. The number of H-pyrrole nitrogens is 1. The summed E-state index contributed by atoms with van der Waals surface area (Å²) in [6, 6.07) is 0. The highest BCUT2D eigenvalue weighted by Gasteiger charge is 1.99. The Kier molecular flexibility index (Phi) is 3.48. The average molecular weight is 193 g/mol. The quantitative estimate of drug-likeness (QED) is 0.618. The molecule has 11 heavy (non-hydrogen) atoms. The summed E-state index contributed by atoms with van der Waals surface area (Å²) in [6.45, 7) is 3.46. The summed E-state index contributed by atoms with van der Waals surface area (Å²) in [7, 11) is 0. The maximum Gasteiger partial charge on any atom is 0.197 e. The first-order valence-corrected chi connectivity index (χ1v) is 3.28. The van der Waals surface area contributed by atoms with E-state index < -0.39 is 0 Å². The second-order valence-corrected chi connectivity index (χ2v) is 2.49. The van der Waals surface area contributed by atoms with E-state index in [0.29, 0.717) is 16.2 Å². The molecule has 0 aliphatic carbocycles. The Bertz CT molecular complexity index is 284. The molecule has 1 aromatic heterocycles. The normalized spacial score (nSPS) is 8.91. The molecule has 3 nitrogen and oxygen atoms in total. The van der Waals surface area contributed by atoms with E-state index in [4.69, 9.17) is 12.2 Å². The Morgan fingerprint density at radius 2 is 2.00 bits per heavy atom. The molecular weight excluding hydrogens is 184 g/mol. The Morgan fingerprint density at radius 3 is 2.45 bits per heavy atom. The highest BCUT2D eigenvalue weighted by Crippen LogP contribution is 2.15. The predicted octanol–water partition coefficient (Wildman–Crippen LogP) is 1.88. The summed E-state index contributed by atoms with van der Waals surface area (Å²) in [5.41, 5.74) is 1.23. The summed E-state index contributed by atoms with van der Waals surface area (Å²) in [5, 5.41) is 9.19. The van der Waals surface area contributed by atoms with Crippen LogP contribution in [0.3, 0.4) is 0 Å². The van der Waals surface area contributed by atoms with E-state index in [1.807, 2.05) is 0 Å². The molecule has 0 atom stereocenters. The molecule has 62 valence electrons. The zero-order valence-corrected chi connectivity index (χ0v) is 7.84. The molecule has 1 aromatic rings. The molecule has 0 saturated heterocycles. The van der Waals surface area contributed by atoms with Crippen LogP contribution in [0.15, 0.2) is 0 Å². The third-order valence-corrected chi connectivity index (χ3v) is 1.45. The van der Waals surface area contributed by atoms with Gasteiger partial charge in [0.25, 0.3) is 0 Å². The largest absolute Gasteiger partial charge is 0.504 e. The van der Waals surface area contributed by atoms with Gasteiger partial charge >= 0.3 is 0 Å². The van der Waals surface area contributed by atoms with Gasteiger partial charge in [-0.2, -0.15) is 0 Å². The molecule has 0 radical (unpaired) electrons. The van der Waals surface area contributed by atoms with Crippen molar-refractivity contribution in [2.24, 2.45) is 0 Å². The summed E-state index contributed by atoms with van der Waals surface area (Å²) >= 11 is 4.77. The van der Waals surface area contributed by atoms with Crippen LogP contribution in [0.2, 0.25) is 0 Å². The number of hydrogen-bond acceptors (Lipinski definition) is 3. The average Bonchev–Trinajstić information content (AvgIpc) is 1.82. The van der Waals surface area contributed by atoms with Crippen molar-refractivity contribution in [3.8, 4) is 5.75 Å². The van der Waals surface area contributed by atoms with E-state index in [1.165, 1.54) is 0 Å². The van der Waals surface area contributed by atoms with Crippen molar-refractivity contribution in [1.82, 2.24) is 9.97 Å². The minimum atomic E-state index is 0. The molecule has 0 saturated carbocycles. The Labute approximate surface area is 75.9 Å². The Hall–Kier alpha value is -0.610. The number of aromatic nitrogens is 2. The minimum absolute atomic E-state index is 0. The van der Waals surface area contributed by atoms with E-state index >= 15 is 0 Å². The summed E-state index contributed by atoms with van der Waals surface area (Å²) in [4.78, 5) is 6.58. The van der Waals surface area contributed by atoms with Crippen LogP contribution < -0.4 is 0 Å². The summed E-state index contributed by atoms with van der Waals surface area (Å²) in [6.07, 6.45) is 0. The summed E-state index contributed by atoms with van der Waals surface area (Å²) < 4.78 is 0.410. The zero-order chi connectivity index (χ0) is 7.72. The SMILES string of the molecule is Cc1nc(=S)[nH]c(C)c1O.Cl. The lowest BCUT2D eigenvalue weighted by Gasteiger charge is -1.99. The van der Waals surface area contributed by atoms with Crippen molar-refractivity contribution in [3.63, 3.8) is 0 Å². The monoisotopic (exact) mass is 192 g/mol. The third kappa shape index (κ3) is 2.17. The smallest absolute Gasteiger partial charge is 0.197 e. The number of nitrogens with zero attached hydrogens (tertiary/aromatic N) is 1. The second-order valence-electron chi connectivity index (χ2n) is 2.10. The Balaban J connectivity index is 0.000001000. The molecule has 0 amide bonds. The van der Waals surface area contributed by atoms with Crippen molar-refractivity contribution in [3.05, 3.63) is 16.2 Å². The Morgan fingerprint density at radius 1 is 1.45 bits per heavy atom.